The molecule has 2 amide bonds. The Balaban J connectivity index is 2.38. The van der Waals surface area contributed by atoms with Gasteiger partial charge in [0.15, 0.2) is 0 Å². The number of imide groups is 1. The minimum Gasteiger partial charge on any atom is -0.388 e. The van der Waals surface area contributed by atoms with Crippen LogP contribution in [-0.4, -0.2) is 25.4 Å². The second kappa shape index (κ2) is 5.18. The summed E-state index contributed by atoms with van der Waals surface area (Å²) in [5.74, 6) is -0.362. The number of aryl methyl sites for hydroxylation is 1. The van der Waals surface area contributed by atoms with Crippen LogP contribution in [0.2, 0.25) is 0 Å². The van der Waals surface area contributed by atoms with Gasteiger partial charge >= 0.3 is 0 Å². The SMILES string of the molecule is CNc1ccc2c(c1)CCC(=O)N2C(=O)CCN. The van der Waals surface area contributed by atoms with Crippen LogP contribution in [0.25, 0.3) is 0 Å². The number of amides is 2. The van der Waals surface area contributed by atoms with Gasteiger partial charge in [0.25, 0.3) is 0 Å². The molecule has 5 nitrogen and oxygen atoms in total. The average molecular weight is 247 g/mol. The van der Waals surface area contributed by atoms with Crippen molar-refractivity contribution in [3.8, 4) is 0 Å². The van der Waals surface area contributed by atoms with Gasteiger partial charge in [0.1, 0.15) is 0 Å². The fourth-order valence-electron chi connectivity index (χ4n) is 2.16. The van der Waals surface area contributed by atoms with Crippen molar-refractivity contribution in [2.75, 3.05) is 23.8 Å². The maximum Gasteiger partial charge on any atom is 0.235 e. The smallest absolute Gasteiger partial charge is 0.235 e. The van der Waals surface area contributed by atoms with Gasteiger partial charge < -0.3 is 11.1 Å². The number of hydrogen-bond acceptors (Lipinski definition) is 4. The lowest BCUT2D eigenvalue weighted by Crippen LogP contribution is -2.41. The number of fused-ring (bicyclic) bond motifs is 1. The monoisotopic (exact) mass is 247 g/mol. The van der Waals surface area contributed by atoms with Crippen LogP contribution in [0.15, 0.2) is 18.2 Å². The quantitative estimate of drug-likeness (QED) is 0.831. The highest BCUT2D eigenvalue weighted by Gasteiger charge is 2.28. The Kier molecular flexibility index (Phi) is 3.62. The normalized spacial score (nSPS) is 14.3. The third kappa shape index (κ3) is 2.22. The molecule has 0 aromatic heterocycles. The van der Waals surface area contributed by atoms with Gasteiger partial charge in [-0.2, -0.15) is 0 Å². The van der Waals surface area contributed by atoms with E-state index >= 15 is 0 Å². The molecule has 0 fully saturated rings. The molecule has 5 heteroatoms. The Bertz CT molecular complexity index is 485. The van der Waals surface area contributed by atoms with Crippen molar-refractivity contribution in [3.63, 3.8) is 0 Å². The Morgan fingerprint density at radius 2 is 2.22 bits per heavy atom. The molecule has 2 rings (SSSR count). The Morgan fingerprint density at radius 3 is 2.89 bits per heavy atom. The molecule has 0 unspecified atom stereocenters. The third-order valence-corrected chi connectivity index (χ3v) is 3.07. The topological polar surface area (TPSA) is 75.4 Å². The number of nitrogens with two attached hydrogens (primary N) is 1. The zero-order chi connectivity index (χ0) is 13.1. The second-order valence-electron chi connectivity index (χ2n) is 4.26. The number of carbonyl (C=O) groups excluding carboxylic acids is 2. The summed E-state index contributed by atoms with van der Waals surface area (Å²) in [6.45, 7) is 0.256. The van der Waals surface area contributed by atoms with E-state index in [0.29, 0.717) is 18.5 Å². The number of anilines is 2. The van der Waals surface area contributed by atoms with Crippen LogP contribution in [0, 0.1) is 0 Å². The van der Waals surface area contributed by atoms with Crippen molar-refractivity contribution in [2.45, 2.75) is 19.3 Å². The van der Waals surface area contributed by atoms with Crippen LogP contribution in [0.1, 0.15) is 18.4 Å². The van der Waals surface area contributed by atoms with E-state index in [1.165, 1.54) is 4.90 Å². The lowest BCUT2D eigenvalue weighted by atomic mass is 10.00. The fourth-order valence-corrected chi connectivity index (χ4v) is 2.16. The molecule has 0 saturated heterocycles. The van der Waals surface area contributed by atoms with Gasteiger partial charge in [0, 0.05) is 32.1 Å². The summed E-state index contributed by atoms with van der Waals surface area (Å²) in [7, 11) is 1.84. The van der Waals surface area contributed by atoms with Crippen LogP contribution in [0.3, 0.4) is 0 Å². The van der Waals surface area contributed by atoms with Crippen LogP contribution < -0.4 is 16.0 Å². The van der Waals surface area contributed by atoms with E-state index < -0.39 is 0 Å². The van der Waals surface area contributed by atoms with Crippen molar-refractivity contribution in [1.82, 2.24) is 0 Å². The average Bonchev–Trinajstić information content (AvgIpc) is 2.38. The summed E-state index contributed by atoms with van der Waals surface area (Å²) in [6, 6.07) is 5.65. The van der Waals surface area contributed by atoms with Crippen LogP contribution >= 0.6 is 0 Å². The molecule has 0 bridgehead atoms. The number of benzene rings is 1. The molecule has 0 atom stereocenters. The number of nitrogens with one attached hydrogen (secondary N) is 1. The summed E-state index contributed by atoms with van der Waals surface area (Å²) >= 11 is 0. The molecule has 1 aromatic carbocycles. The van der Waals surface area contributed by atoms with E-state index in [1.54, 1.807) is 0 Å². The number of carbonyl (C=O) groups is 2. The van der Waals surface area contributed by atoms with Crippen molar-refractivity contribution < 1.29 is 9.59 Å². The van der Waals surface area contributed by atoms with E-state index in [0.717, 1.165) is 11.3 Å². The van der Waals surface area contributed by atoms with Gasteiger partial charge in [0.2, 0.25) is 11.8 Å². The molecule has 1 aromatic rings. The van der Waals surface area contributed by atoms with Crippen molar-refractivity contribution in [1.29, 1.82) is 0 Å². The van der Waals surface area contributed by atoms with Gasteiger partial charge in [-0.3, -0.25) is 14.5 Å². The van der Waals surface area contributed by atoms with Gasteiger partial charge in [-0.05, 0) is 30.2 Å². The van der Waals surface area contributed by atoms with Crippen LogP contribution in [0.4, 0.5) is 11.4 Å². The van der Waals surface area contributed by atoms with Gasteiger partial charge in [-0.1, -0.05) is 0 Å². The summed E-state index contributed by atoms with van der Waals surface area (Å²) in [4.78, 5) is 25.1. The van der Waals surface area contributed by atoms with Crippen molar-refractivity contribution >= 4 is 23.2 Å². The summed E-state index contributed by atoms with van der Waals surface area (Å²) < 4.78 is 0. The van der Waals surface area contributed by atoms with E-state index in [1.807, 2.05) is 25.2 Å². The molecule has 1 heterocycles. The molecule has 0 radical (unpaired) electrons. The molecule has 0 spiro atoms. The number of nitrogens with zero attached hydrogens (tertiary/aromatic N) is 1. The van der Waals surface area contributed by atoms with E-state index in [4.69, 9.17) is 5.73 Å². The summed E-state index contributed by atoms with van der Waals surface area (Å²) in [6.07, 6.45) is 1.24. The zero-order valence-corrected chi connectivity index (χ0v) is 10.4. The Hall–Kier alpha value is -1.88. The standard InChI is InChI=1S/C13H17N3O2/c1-15-10-3-4-11-9(8-10)2-5-12(17)16(11)13(18)6-7-14/h3-4,8,15H,2,5-7,14H2,1H3. The minimum absolute atomic E-state index is 0.141. The Labute approximate surface area is 106 Å². The lowest BCUT2D eigenvalue weighted by Gasteiger charge is -2.28. The molecular formula is C13H17N3O2. The largest absolute Gasteiger partial charge is 0.388 e. The van der Waals surface area contributed by atoms with Gasteiger partial charge in [-0.25, -0.2) is 0 Å². The van der Waals surface area contributed by atoms with Crippen LogP contribution in [0.5, 0.6) is 0 Å². The first-order chi connectivity index (χ1) is 8.67. The highest BCUT2D eigenvalue weighted by atomic mass is 16.2. The maximum atomic E-state index is 11.9. The summed E-state index contributed by atoms with van der Waals surface area (Å²) in [5, 5.41) is 3.05. The molecule has 96 valence electrons. The predicted octanol–water partition coefficient (Wildman–Crippen LogP) is 0.883. The minimum atomic E-state index is -0.222. The van der Waals surface area contributed by atoms with Crippen molar-refractivity contribution in [3.05, 3.63) is 23.8 Å². The first-order valence-corrected chi connectivity index (χ1v) is 6.04. The molecule has 18 heavy (non-hydrogen) atoms. The van der Waals surface area contributed by atoms with Gasteiger partial charge in [-0.15, -0.1) is 0 Å². The highest BCUT2D eigenvalue weighted by Crippen LogP contribution is 2.30. The number of hydrogen-bond donors (Lipinski definition) is 2. The molecular weight excluding hydrogens is 230 g/mol. The third-order valence-electron chi connectivity index (χ3n) is 3.07. The van der Waals surface area contributed by atoms with Crippen molar-refractivity contribution in [2.24, 2.45) is 5.73 Å². The number of rotatable bonds is 3. The molecule has 0 aliphatic carbocycles. The molecule has 0 saturated carbocycles. The van der Waals surface area contributed by atoms with Crippen LogP contribution in [-0.2, 0) is 16.0 Å². The molecule has 1 aliphatic heterocycles. The second-order valence-corrected chi connectivity index (χ2v) is 4.26. The molecule has 3 N–H and O–H groups in total. The summed E-state index contributed by atoms with van der Waals surface area (Å²) in [5.41, 5.74) is 8.08. The fraction of sp³-hybridized carbons (Fsp3) is 0.385. The van der Waals surface area contributed by atoms with E-state index in [9.17, 15) is 9.59 Å². The lowest BCUT2D eigenvalue weighted by molar-refractivity contribution is -0.126. The first kappa shape index (κ1) is 12.6. The first-order valence-electron chi connectivity index (χ1n) is 6.04. The predicted molar refractivity (Wildman–Crippen MR) is 70.5 cm³/mol. The highest BCUT2D eigenvalue weighted by molar-refractivity contribution is 6.16. The molecule has 1 aliphatic rings. The van der Waals surface area contributed by atoms with E-state index in [2.05, 4.69) is 5.32 Å². The Morgan fingerprint density at radius 1 is 1.44 bits per heavy atom. The van der Waals surface area contributed by atoms with Gasteiger partial charge in [0.05, 0.1) is 5.69 Å². The van der Waals surface area contributed by atoms with E-state index in [-0.39, 0.29) is 24.8 Å². The zero-order valence-electron chi connectivity index (χ0n) is 10.4. The maximum absolute atomic E-state index is 11.9.